The molecule has 0 radical (unpaired) electrons. The van der Waals surface area contributed by atoms with Gasteiger partial charge in [0.05, 0.1) is 5.56 Å². The van der Waals surface area contributed by atoms with Crippen molar-refractivity contribution in [3.8, 4) is 17.2 Å². The van der Waals surface area contributed by atoms with Crippen molar-refractivity contribution in [1.82, 2.24) is 9.80 Å². The van der Waals surface area contributed by atoms with Gasteiger partial charge < -0.3 is 24.4 Å². The summed E-state index contributed by atoms with van der Waals surface area (Å²) in [5.74, 6) is 0.873. The van der Waals surface area contributed by atoms with Gasteiger partial charge in [-0.15, -0.1) is 0 Å². The average Bonchev–Trinajstić information content (AvgIpc) is 3.27. The van der Waals surface area contributed by atoms with E-state index in [-0.39, 0.29) is 29.9 Å². The molecule has 2 amide bonds. The SMILES string of the molecule is O=C(c1ccc2c(c1)OCO2)N1CCN(C(=O)c2ccc3ccccc3c2O)CC1. The molecule has 2 aliphatic heterocycles. The maximum Gasteiger partial charge on any atom is 0.257 e. The van der Waals surface area contributed by atoms with Crippen LogP contribution in [0.1, 0.15) is 20.7 Å². The summed E-state index contributed by atoms with van der Waals surface area (Å²) < 4.78 is 10.6. The summed E-state index contributed by atoms with van der Waals surface area (Å²) in [6, 6.07) is 16.0. The number of amides is 2. The number of aromatic hydroxyl groups is 1. The molecule has 2 heterocycles. The Morgan fingerprint density at radius 3 is 2.30 bits per heavy atom. The summed E-state index contributed by atoms with van der Waals surface area (Å²) in [5, 5.41) is 12.1. The van der Waals surface area contributed by atoms with Gasteiger partial charge in [-0.25, -0.2) is 0 Å². The predicted molar refractivity (Wildman–Crippen MR) is 110 cm³/mol. The van der Waals surface area contributed by atoms with E-state index in [1.54, 1.807) is 40.1 Å². The van der Waals surface area contributed by atoms with Crippen LogP contribution in [0, 0.1) is 0 Å². The molecule has 0 unspecified atom stereocenters. The molecule has 3 aromatic rings. The molecule has 7 nitrogen and oxygen atoms in total. The van der Waals surface area contributed by atoms with Crippen molar-refractivity contribution in [3.63, 3.8) is 0 Å². The van der Waals surface area contributed by atoms with Crippen LogP contribution in [-0.4, -0.2) is 59.7 Å². The molecule has 152 valence electrons. The third-order valence-electron chi connectivity index (χ3n) is 5.60. The lowest BCUT2D eigenvalue weighted by atomic mass is 10.0. The zero-order valence-corrected chi connectivity index (χ0v) is 16.2. The van der Waals surface area contributed by atoms with E-state index in [1.807, 2.05) is 24.3 Å². The van der Waals surface area contributed by atoms with Gasteiger partial charge in [-0.2, -0.15) is 0 Å². The predicted octanol–water partition coefficient (Wildman–Crippen LogP) is 2.87. The number of benzene rings is 3. The molecule has 0 spiro atoms. The third kappa shape index (κ3) is 3.08. The second kappa shape index (κ2) is 7.26. The maximum atomic E-state index is 13.0. The van der Waals surface area contributed by atoms with E-state index in [0.717, 1.165) is 5.39 Å². The van der Waals surface area contributed by atoms with Gasteiger partial charge >= 0.3 is 0 Å². The Balaban J connectivity index is 1.28. The summed E-state index contributed by atoms with van der Waals surface area (Å²) in [6.45, 7) is 1.82. The number of carbonyl (C=O) groups is 2. The van der Waals surface area contributed by atoms with Gasteiger partial charge in [0, 0.05) is 37.1 Å². The highest BCUT2D eigenvalue weighted by Gasteiger charge is 2.28. The van der Waals surface area contributed by atoms with Crippen molar-refractivity contribution in [2.24, 2.45) is 0 Å². The van der Waals surface area contributed by atoms with Gasteiger partial charge in [0.15, 0.2) is 11.5 Å². The fourth-order valence-corrected chi connectivity index (χ4v) is 3.92. The van der Waals surface area contributed by atoms with Crippen LogP contribution in [-0.2, 0) is 0 Å². The molecule has 3 aromatic carbocycles. The second-order valence-corrected chi connectivity index (χ2v) is 7.34. The molecule has 5 rings (SSSR count). The third-order valence-corrected chi connectivity index (χ3v) is 5.60. The number of fused-ring (bicyclic) bond motifs is 2. The van der Waals surface area contributed by atoms with Gasteiger partial charge in [0.2, 0.25) is 6.79 Å². The molecule has 1 saturated heterocycles. The Hall–Kier alpha value is -3.74. The lowest BCUT2D eigenvalue weighted by molar-refractivity contribution is 0.0533. The molecule has 0 aliphatic carbocycles. The number of rotatable bonds is 2. The van der Waals surface area contributed by atoms with Crippen LogP contribution in [0.4, 0.5) is 0 Å². The maximum absolute atomic E-state index is 13.0. The molecule has 2 aliphatic rings. The van der Waals surface area contributed by atoms with Crippen LogP contribution in [0.25, 0.3) is 10.8 Å². The highest BCUT2D eigenvalue weighted by Crippen LogP contribution is 2.33. The number of phenolic OH excluding ortho intramolecular Hbond substituents is 1. The Kier molecular flexibility index (Phi) is 4.43. The van der Waals surface area contributed by atoms with E-state index in [2.05, 4.69) is 0 Å². The van der Waals surface area contributed by atoms with Crippen molar-refractivity contribution in [3.05, 3.63) is 65.7 Å². The number of piperazine rings is 1. The van der Waals surface area contributed by atoms with E-state index < -0.39 is 0 Å². The first-order valence-electron chi connectivity index (χ1n) is 9.81. The highest BCUT2D eigenvalue weighted by molar-refractivity contribution is 6.03. The molecule has 0 bridgehead atoms. The van der Waals surface area contributed by atoms with Crippen molar-refractivity contribution in [2.45, 2.75) is 0 Å². The van der Waals surface area contributed by atoms with E-state index in [1.165, 1.54) is 0 Å². The van der Waals surface area contributed by atoms with Crippen molar-refractivity contribution in [1.29, 1.82) is 0 Å². The average molecular weight is 404 g/mol. The van der Waals surface area contributed by atoms with Crippen molar-refractivity contribution in [2.75, 3.05) is 33.0 Å². The lowest BCUT2D eigenvalue weighted by Crippen LogP contribution is -2.50. The van der Waals surface area contributed by atoms with E-state index in [4.69, 9.17) is 9.47 Å². The number of nitrogens with zero attached hydrogens (tertiary/aromatic N) is 2. The van der Waals surface area contributed by atoms with Crippen molar-refractivity contribution < 1.29 is 24.2 Å². The molecule has 30 heavy (non-hydrogen) atoms. The van der Waals surface area contributed by atoms with Crippen LogP contribution in [0.15, 0.2) is 54.6 Å². The zero-order chi connectivity index (χ0) is 20.7. The van der Waals surface area contributed by atoms with E-state index >= 15 is 0 Å². The number of hydrogen-bond donors (Lipinski definition) is 1. The first-order valence-corrected chi connectivity index (χ1v) is 9.81. The monoisotopic (exact) mass is 404 g/mol. The molecule has 0 aromatic heterocycles. The minimum absolute atomic E-state index is 0.00281. The molecule has 7 heteroatoms. The Labute approximate surface area is 173 Å². The fraction of sp³-hybridized carbons (Fsp3) is 0.217. The number of phenols is 1. The van der Waals surface area contributed by atoms with Gasteiger partial charge in [-0.1, -0.05) is 30.3 Å². The van der Waals surface area contributed by atoms with Gasteiger partial charge in [0.25, 0.3) is 11.8 Å². The molecular weight excluding hydrogens is 384 g/mol. The van der Waals surface area contributed by atoms with Gasteiger partial charge in [-0.05, 0) is 29.7 Å². The molecule has 0 atom stereocenters. The normalized spacial score (nSPS) is 15.5. The quantitative estimate of drug-likeness (QED) is 0.711. The molecule has 0 saturated carbocycles. The standard InChI is InChI=1S/C23H20N2O5/c26-21-17-4-2-1-3-15(17)5-7-18(21)23(28)25-11-9-24(10-12-25)22(27)16-6-8-19-20(13-16)30-14-29-19/h1-8,13,26H,9-12,14H2. The topological polar surface area (TPSA) is 79.3 Å². The number of hydrogen-bond acceptors (Lipinski definition) is 5. The lowest BCUT2D eigenvalue weighted by Gasteiger charge is -2.35. The Morgan fingerprint density at radius 2 is 1.50 bits per heavy atom. The van der Waals surface area contributed by atoms with Crippen LogP contribution in [0.2, 0.25) is 0 Å². The van der Waals surface area contributed by atoms with E-state index in [9.17, 15) is 14.7 Å². The fourth-order valence-electron chi connectivity index (χ4n) is 3.92. The summed E-state index contributed by atoms with van der Waals surface area (Å²) >= 11 is 0. The number of ether oxygens (including phenoxy) is 2. The van der Waals surface area contributed by atoms with Crippen LogP contribution < -0.4 is 9.47 Å². The van der Waals surface area contributed by atoms with Gasteiger partial charge in [-0.3, -0.25) is 9.59 Å². The summed E-state index contributed by atoms with van der Waals surface area (Å²) in [6.07, 6.45) is 0. The highest BCUT2D eigenvalue weighted by atomic mass is 16.7. The molecule has 1 fully saturated rings. The Bertz CT molecular complexity index is 1150. The second-order valence-electron chi connectivity index (χ2n) is 7.34. The summed E-state index contributed by atoms with van der Waals surface area (Å²) in [5.41, 5.74) is 0.815. The van der Waals surface area contributed by atoms with E-state index in [0.29, 0.717) is 48.6 Å². The largest absolute Gasteiger partial charge is 0.506 e. The number of carbonyl (C=O) groups excluding carboxylic acids is 2. The minimum Gasteiger partial charge on any atom is -0.506 e. The molecular formula is C23H20N2O5. The van der Waals surface area contributed by atoms with Crippen LogP contribution in [0.3, 0.4) is 0 Å². The summed E-state index contributed by atoms with van der Waals surface area (Å²) in [4.78, 5) is 29.2. The first kappa shape index (κ1) is 18.3. The molecule has 1 N–H and O–H groups in total. The van der Waals surface area contributed by atoms with Crippen LogP contribution in [0.5, 0.6) is 17.2 Å². The van der Waals surface area contributed by atoms with Crippen LogP contribution >= 0.6 is 0 Å². The first-order chi connectivity index (χ1) is 14.6. The minimum atomic E-state index is -0.228. The summed E-state index contributed by atoms with van der Waals surface area (Å²) in [7, 11) is 0. The Morgan fingerprint density at radius 1 is 0.800 bits per heavy atom. The van der Waals surface area contributed by atoms with Crippen molar-refractivity contribution >= 4 is 22.6 Å². The van der Waals surface area contributed by atoms with Gasteiger partial charge in [0.1, 0.15) is 5.75 Å². The zero-order valence-electron chi connectivity index (χ0n) is 16.2. The smallest absolute Gasteiger partial charge is 0.257 e.